The molecule has 0 heterocycles. The molecule has 12 heteroatoms. The fourth-order valence-electron chi connectivity index (χ4n) is 2.82. The molecule has 2 aromatic carbocycles. The van der Waals surface area contributed by atoms with E-state index in [2.05, 4.69) is 0 Å². The van der Waals surface area contributed by atoms with Gasteiger partial charge in [0.25, 0.3) is 0 Å². The minimum atomic E-state index is -5.87. The molecule has 0 atom stereocenters. The highest BCUT2D eigenvalue weighted by atomic mass is 19.4. The number of nitrogens with one attached hydrogen (secondary N) is 2. The van der Waals surface area contributed by atoms with Crippen molar-refractivity contribution in [3.63, 3.8) is 0 Å². The summed E-state index contributed by atoms with van der Waals surface area (Å²) in [5.74, 6) is 0. The number of anilines is 2. The Hall–Kier alpha value is -3.18. The Bertz CT molecular complexity index is 814. The van der Waals surface area contributed by atoms with E-state index >= 15 is 0 Å². The maximum atomic E-state index is 13.9. The predicted molar refractivity (Wildman–Crippen MR) is 86.0 cm³/mol. The number of amides is 2. The van der Waals surface area contributed by atoms with Gasteiger partial charge in [-0.15, -0.1) is 8.78 Å². The molecule has 156 valence electrons. The molecule has 0 aliphatic heterocycles. The third kappa shape index (κ3) is 4.30. The van der Waals surface area contributed by atoms with Gasteiger partial charge in [0.1, 0.15) is 0 Å². The third-order valence-electron chi connectivity index (χ3n) is 3.97. The van der Waals surface area contributed by atoms with E-state index < -0.39 is 41.2 Å². The van der Waals surface area contributed by atoms with Crippen LogP contribution in [0.25, 0.3) is 0 Å². The van der Waals surface area contributed by atoms with Crippen molar-refractivity contribution in [1.82, 2.24) is 0 Å². The van der Waals surface area contributed by atoms with Gasteiger partial charge in [0.05, 0.1) is 0 Å². The normalized spacial score (nSPS) is 12.4. The molecular formula is C17H10F8N2O2. The topological polar surface area (TPSA) is 58.2 Å². The lowest BCUT2D eigenvalue weighted by Crippen LogP contribution is -2.54. The van der Waals surface area contributed by atoms with E-state index in [4.69, 9.17) is 0 Å². The van der Waals surface area contributed by atoms with Crippen LogP contribution in [0.4, 0.5) is 56.1 Å². The smallest absolute Gasteiger partial charge is 0.298 e. The Morgan fingerprint density at radius 3 is 1.07 bits per heavy atom. The second-order valence-corrected chi connectivity index (χ2v) is 5.70. The number of halogens is 8. The van der Waals surface area contributed by atoms with Crippen molar-refractivity contribution in [2.45, 2.75) is 17.8 Å². The molecule has 0 aromatic heterocycles. The minimum absolute atomic E-state index is 0.361. The van der Waals surface area contributed by atoms with Crippen LogP contribution in [0.5, 0.6) is 0 Å². The first-order valence-corrected chi connectivity index (χ1v) is 7.56. The highest BCUT2D eigenvalue weighted by molar-refractivity contribution is 5.84. The fraction of sp³-hybridized carbons (Fsp3) is 0.176. The van der Waals surface area contributed by atoms with Crippen LogP contribution >= 0.6 is 0 Å². The molecule has 0 radical (unpaired) electrons. The molecule has 0 spiro atoms. The summed E-state index contributed by atoms with van der Waals surface area (Å²) in [6.07, 6.45) is -15.9. The second-order valence-electron chi connectivity index (χ2n) is 5.70. The summed E-state index contributed by atoms with van der Waals surface area (Å²) in [4.78, 5) is 20.7. The lowest BCUT2D eigenvalue weighted by Gasteiger charge is -2.38. The molecule has 0 saturated heterocycles. The average molecular weight is 426 g/mol. The van der Waals surface area contributed by atoms with Crippen LogP contribution in [0.2, 0.25) is 0 Å². The predicted octanol–water partition coefficient (Wildman–Crippen LogP) is 6.10. The van der Waals surface area contributed by atoms with Crippen LogP contribution in [0.1, 0.15) is 11.1 Å². The number of carbonyl (C=O) groups excluding carboxylic acids is 2. The van der Waals surface area contributed by atoms with Crippen molar-refractivity contribution in [3.8, 4) is 0 Å². The Kier molecular flexibility index (Phi) is 5.86. The van der Waals surface area contributed by atoms with Gasteiger partial charge in [0, 0.05) is 11.4 Å². The molecule has 4 nitrogen and oxygen atoms in total. The minimum Gasteiger partial charge on any atom is -0.298 e. The fourth-order valence-corrected chi connectivity index (χ4v) is 2.82. The van der Waals surface area contributed by atoms with Crippen LogP contribution in [-0.4, -0.2) is 24.7 Å². The molecule has 2 amide bonds. The summed E-state index contributed by atoms with van der Waals surface area (Å²) in [6, 6.07) is 4.50. The van der Waals surface area contributed by atoms with Crippen LogP contribution in [0.3, 0.4) is 0 Å². The maximum absolute atomic E-state index is 13.9. The molecule has 2 N–H and O–H groups in total. The van der Waals surface area contributed by atoms with Gasteiger partial charge >= 0.3 is 24.7 Å². The van der Waals surface area contributed by atoms with E-state index in [0.717, 1.165) is 0 Å². The van der Waals surface area contributed by atoms with Crippen LogP contribution in [-0.2, 0) is 5.41 Å². The SMILES string of the molecule is O=C(F)Nc1ccc(C(c2ccc(NC(=O)F)cc2)(C(F)(F)F)C(F)(F)F)cc1. The molecule has 0 saturated carbocycles. The van der Waals surface area contributed by atoms with Crippen molar-refractivity contribution in [2.24, 2.45) is 0 Å². The van der Waals surface area contributed by atoms with Gasteiger partial charge < -0.3 is 0 Å². The first-order valence-electron chi connectivity index (χ1n) is 7.56. The van der Waals surface area contributed by atoms with Crippen molar-refractivity contribution in [3.05, 3.63) is 59.7 Å². The molecule has 2 aromatic rings. The molecule has 0 aliphatic rings. The highest BCUT2D eigenvalue weighted by Crippen LogP contribution is 2.56. The Morgan fingerprint density at radius 1 is 0.586 bits per heavy atom. The number of rotatable bonds is 4. The number of benzene rings is 2. The summed E-state index contributed by atoms with van der Waals surface area (Å²) >= 11 is 0. The molecule has 0 bridgehead atoms. The third-order valence-corrected chi connectivity index (χ3v) is 3.97. The van der Waals surface area contributed by atoms with Crippen LogP contribution in [0, 0.1) is 0 Å². The van der Waals surface area contributed by atoms with Crippen molar-refractivity contribution in [1.29, 1.82) is 0 Å². The van der Waals surface area contributed by atoms with Crippen molar-refractivity contribution in [2.75, 3.05) is 10.6 Å². The van der Waals surface area contributed by atoms with Gasteiger partial charge in [-0.05, 0) is 35.4 Å². The van der Waals surface area contributed by atoms with Crippen LogP contribution in [0.15, 0.2) is 48.5 Å². The summed E-state index contributed by atoms with van der Waals surface area (Å²) < 4.78 is 108. The lowest BCUT2D eigenvalue weighted by atomic mass is 9.73. The molecule has 29 heavy (non-hydrogen) atoms. The molecule has 0 fully saturated rings. The van der Waals surface area contributed by atoms with Gasteiger partial charge in [0.15, 0.2) is 0 Å². The van der Waals surface area contributed by atoms with Gasteiger partial charge in [-0.1, -0.05) is 24.3 Å². The molecule has 0 unspecified atom stereocenters. The van der Waals surface area contributed by atoms with Crippen LogP contribution < -0.4 is 10.6 Å². The Labute approximate surface area is 157 Å². The van der Waals surface area contributed by atoms with E-state index in [-0.39, 0.29) is 11.4 Å². The molecule has 0 aliphatic carbocycles. The molecule has 2 rings (SSSR count). The monoisotopic (exact) mass is 426 g/mol. The lowest BCUT2D eigenvalue weighted by molar-refractivity contribution is -0.288. The maximum Gasteiger partial charge on any atom is 0.411 e. The van der Waals surface area contributed by atoms with Gasteiger partial charge in [-0.3, -0.25) is 10.6 Å². The zero-order valence-electron chi connectivity index (χ0n) is 14.0. The highest BCUT2D eigenvalue weighted by Gasteiger charge is 2.72. The van der Waals surface area contributed by atoms with E-state index in [0.29, 0.717) is 48.5 Å². The van der Waals surface area contributed by atoms with Gasteiger partial charge in [-0.25, -0.2) is 9.59 Å². The van der Waals surface area contributed by atoms with E-state index in [9.17, 15) is 44.7 Å². The number of alkyl halides is 6. The first-order chi connectivity index (χ1) is 13.3. The largest absolute Gasteiger partial charge is 0.411 e. The Balaban J connectivity index is 2.69. The number of hydrogen-bond donors (Lipinski definition) is 2. The zero-order chi connectivity index (χ0) is 22.0. The summed E-state index contributed by atoms with van der Waals surface area (Å²) in [6.45, 7) is 0. The zero-order valence-corrected chi connectivity index (χ0v) is 14.0. The summed E-state index contributed by atoms with van der Waals surface area (Å²) in [5.41, 5.74) is -7.72. The van der Waals surface area contributed by atoms with E-state index in [1.54, 1.807) is 10.6 Å². The second kappa shape index (κ2) is 7.68. The standard InChI is InChI=1S/C17H10F8N2O2/c18-13(28)26-11-5-1-9(2-6-11)15(16(20,21)22,17(23,24)25)10-3-7-12(8-4-10)27-14(19)29/h1-8H,(H,26,28)(H,27,29). The van der Waals surface area contributed by atoms with Gasteiger partial charge in [-0.2, -0.15) is 26.3 Å². The summed E-state index contributed by atoms with van der Waals surface area (Å²) in [5, 5.41) is 3.17. The quantitative estimate of drug-likeness (QED) is 0.353. The van der Waals surface area contributed by atoms with Crippen molar-refractivity contribution < 1.29 is 44.7 Å². The number of carbonyl (C=O) groups is 2. The van der Waals surface area contributed by atoms with Gasteiger partial charge in [0.2, 0.25) is 5.41 Å². The van der Waals surface area contributed by atoms with Crippen molar-refractivity contribution >= 4 is 23.7 Å². The van der Waals surface area contributed by atoms with E-state index in [1.165, 1.54) is 0 Å². The van der Waals surface area contributed by atoms with E-state index in [1.807, 2.05) is 0 Å². The summed E-state index contributed by atoms with van der Waals surface area (Å²) in [7, 11) is 0. The first kappa shape index (κ1) is 22.1. The Morgan fingerprint density at radius 2 is 0.862 bits per heavy atom. The average Bonchev–Trinajstić information content (AvgIpc) is 2.55. The number of hydrogen-bond acceptors (Lipinski definition) is 2. The molecular weight excluding hydrogens is 416 g/mol.